The normalized spacial score (nSPS) is 16.9. The molecule has 2 nitrogen and oxygen atoms in total. The lowest BCUT2D eigenvalue weighted by Crippen LogP contribution is -2.32. The van der Waals surface area contributed by atoms with Crippen LogP contribution in [0.4, 0.5) is 4.39 Å². The first-order valence-corrected chi connectivity index (χ1v) is 6.07. The van der Waals surface area contributed by atoms with Crippen molar-refractivity contribution in [2.45, 2.75) is 26.7 Å². The molecule has 1 amide bonds. The molecule has 92 valence electrons. The van der Waals surface area contributed by atoms with E-state index in [4.69, 9.17) is 0 Å². The zero-order valence-electron chi connectivity index (χ0n) is 10.3. The van der Waals surface area contributed by atoms with E-state index >= 15 is 0 Å². The molecule has 3 heteroatoms. The van der Waals surface area contributed by atoms with Gasteiger partial charge in [-0.15, -0.1) is 0 Å². The van der Waals surface area contributed by atoms with Crippen LogP contribution in [-0.2, 0) is 0 Å². The van der Waals surface area contributed by atoms with E-state index in [1.807, 2.05) is 0 Å². The Morgan fingerprint density at radius 1 is 1.35 bits per heavy atom. The number of hydrogen-bond donors (Lipinski definition) is 1. The van der Waals surface area contributed by atoms with Gasteiger partial charge in [0.25, 0.3) is 5.91 Å². The van der Waals surface area contributed by atoms with E-state index < -0.39 is 0 Å². The molecule has 17 heavy (non-hydrogen) atoms. The molecule has 1 aromatic rings. The van der Waals surface area contributed by atoms with E-state index in [1.165, 1.54) is 37.1 Å². The predicted octanol–water partition coefficient (Wildman–Crippen LogP) is 2.99. The number of nitrogens with one attached hydrogen (secondary N) is 1. The Morgan fingerprint density at radius 3 is 2.41 bits per heavy atom. The van der Waals surface area contributed by atoms with E-state index in [0.29, 0.717) is 16.9 Å². The van der Waals surface area contributed by atoms with E-state index in [2.05, 4.69) is 19.2 Å². The van der Waals surface area contributed by atoms with Crippen LogP contribution in [0.3, 0.4) is 0 Å². The minimum absolute atomic E-state index is 0.114. The van der Waals surface area contributed by atoms with E-state index in [9.17, 15) is 9.18 Å². The van der Waals surface area contributed by atoms with Crippen LogP contribution in [0.1, 0.15) is 37.0 Å². The van der Waals surface area contributed by atoms with Crippen molar-refractivity contribution in [1.29, 1.82) is 0 Å². The van der Waals surface area contributed by atoms with Gasteiger partial charge in [-0.2, -0.15) is 0 Å². The molecule has 0 aromatic heterocycles. The summed E-state index contributed by atoms with van der Waals surface area (Å²) >= 11 is 0. The molecule has 1 N–H and O–H groups in total. The molecule has 0 bridgehead atoms. The van der Waals surface area contributed by atoms with Crippen LogP contribution in [-0.4, -0.2) is 12.5 Å². The first-order chi connectivity index (χ1) is 8.03. The first kappa shape index (κ1) is 12.1. The van der Waals surface area contributed by atoms with Gasteiger partial charge in [0.2, 0.25) is 0 Å². The molecular formula is C14H18FNO. The van der Waals surface area contributed by atoms with Gasteiger partial charge in [0.1, 0.15) is 5.82 Å². The maximum absolute atomic E-state index is 12.7. The molecule has 0 radical (unpaired) electrons. The summed E-state index contributed by atoms with van der Waals surface area (Å²) in [6.45, 7) is 5.11. The number of rotatable bonds is 4. The average molecular weight is 235 g/mol. The molecule has 1 aliphatic rings. The van der Waals surface area contributed by atoms with Gasteiger partial charge in [-0.1, -0.05) is 13.8 Å². The van der Waals surface area contributed by atoms with E-state index in [0.717, 1.165) is 6.54 Å². The van der Waals surface area contributed by atoms with Gasteiger partial charge in [-0.25, -0.2) is 4.39 Å². The number of benzene rings is 1. The van der Waals surface area contributed by atoms with Crippen molar-refractivity contribution >= 4 is 5.91 Å². The van der Waals surface area contributed by atoms with Crippen molar-refractivity contribution in [3.63, 3.8) is 0 Å². The van der Waals surface area contributed by atoms with Crippen LogP contribution < -0.4 is 5.32 Å². The van der Waals surface area contributed by atoms with Crippen molar-refractivity contribution in [2.75, 3.05) is 6.54 Å². The van der Waals surface area contributed by atoms with Crippen molar-refractivity contribution in [2.24, 2.45) is 11.3 Å². The molecule has 1 fully saturated rings. The average Bonchev–Trinajstić information content (AvgIpc) is 3.08. The van der Waals surface area contributed by atoms with Crippen molar-refractivity contribution in [3.05, 3.63) is 35.6 Å². The fourth-order valence-corrected chi connectivity index (χ4v) is 2.08. The first-order valence-electron chi connectivity index (χ1n) is 6.07. The topological polar surface area (TPSA) is 29.1 Å². The molecule has 0 atom stereocenters. The van der Waals surface area contributed by atoms with Gasteiger partial charge in [0.05, 0.1) is 0 Å². The molecule has 1 aromatic carbocycles. The second-order valence-corrected chi connectivity index (χ2v) is 5.21. The summed E-state index contributed by atoms with van der Waals surface area (Å²) in [5.74, 6) is 0.162. The summed E-state index contributed by atoms with van der Waals surface area (Å²) in [6, 6.07) is 5.65. The monoisotopic (exact) mass is 235 g/mol. The van der Waals surface area contributed by atoms with Crippen LogP contribution in [0.5, 0.6) is 0 Å². The second-order valence-electron chi connectivity index (χ2n) is 5.21. The number of hydrogen-bond acceptors (Lipinski definition) is 1. The smallest absolute Gasteiger partial charge is 0.251 e. The summed E-state index contributed by atoms with van der Waals surface area (Å²) in [7, 11) is 0. The maximum Gasteiger partial charge on any atom is 0.251 e. The van der Waals surface area contributed by atoms with Crippen LogP contribution in [0.15, 0.2) is 24.3 Å². The van der Waals surface area contributed by atoms with Gasteiger partial charge in [-0.05, 0) is 48.4 Å². The van der Waals surface area contributed by atoms with Gasteiger partial charge in [-0.3, -0.25) is 4.79 Å². The third-order valence-corrected chi connectivity index (χ3v) is 3.82. The minimum Gasteiger partial charge on any atom is -0.351 e. The summed E-state index contributed by atoms with van der Waals surface area (Å²) in [5.41, 5.74) is 0.821. The Morgan fingerprint density at radius 2 is 1.94 bits per heavy atom. The zero-order chi connectivity index (χ0) is 12.5. The Kier molecular flexibility index (Phi) is 3.18. The Hall–Kier alpha value is -1.38. The summed E-state index contributed by atoms with van der Waals surface area (Å²) in [6.07, 6.45) is 2.38. The van der Waals surface area contributed by atoms with Crippen molar-refractivity contribution in [3.8, 4) is 0 Å². The number of amides is 1. The fourth-order valence-electron chi connectivity index (χ4n) is 2.08. The molecule has 2 rings (SSSR count). The highest BCUT2D eigenvalue weighted by Gasteiger charge is 2.45. The lowest BCUT2D eigenvalue weighted by atomic mass is 9.92. The van der Waals surface area contributed by atoms with E-state index in [1.54, 1.807) is 0 Å². The van der Waals surface area contributed by atoms with Gasteiger partial charge in [0, 0.05) is 12.1 Å². The predicted molar refractivity (Wildman–Crippen MR) is 65.2 cm³/mol. The largest absolute Gasteiger partial charge is 0.351 e. The van der Waals surface area contributed by atoms with Crippen molar-refractivity contribution in [1.82, 2.24) is 5.32 Å². The fraction of sp³-hybridized carbons (Fsp3) is 0.500. The second kappa shape index (κ2) is 4.47. The Bertz CT molecular complexity index is 407. The Labute approximate surface area is 101 Å². The zero-order valence-corrected chi connectivity index (χ0v) is 10.3. The number of halogens is 1. The molecule has 0 saturated heterocycles. The summed E-state index contributed by atoms with van der Waals surface area (Å²) < 4.78 is 12.7. The molecule has 1 aliphatic carbocycles. The summed E-state index contributed by atoms with van der Waals surface area (Å²) in [4.78, 5) is 11.8. The van der Waals surface area contributed by atoms with Crippen LogP contribution in [0.25, 0.3) is 0 Å². The van der Waals surface area contributed by atoms with Crippen LogP contribution in [0, 0.1) is 17.2 Å². The Balaban J connectivity index is 1.92. The summed E-state index contributed by atoms with van der Waals surface area (Å²) in [5, 5.41) is 2.94. The van der Waals surface area contributed by atoms with Crippen molar-refractivity contribution < 1.29 is 9.18 Å². The van der Waals surface area contributed by atoms with Crippen LogP contribution in [0.2, 0.25) is 0 Å². The lowest BCUT2D eigenvalue weighted by molar-refractivity contribution is 0.0939. The maximum atomic E-state index is 12.7. The molecule has 0 unspecified atom stereocenters. The standard InChI is InChI=1S/C14H18FNO/c1-10(2)14(7-8-14)9-16-13(17)11-3-5-12(15)6-4-11/h3-6,10H,7-9H2,1-2H3,(H,16,17). The molecular weight excluding hydrogens is 217 g/mol. The molecule has 0 spiro atoms. The molecule has 1 saturated carbocycles. The minimum atomic E-state index is -0.317. The van der Waals surface area contributed by atoms with Gasteiger partial charge in [0.15, 0.2) is 0 Å². The highest BCUT2D eigenvalue weighted by atomic mass is 19.1. The third kappa shape index (κ3) is 2.65. The highest BCUT2D eigenvalue weighted by Crippen LogP contribution is 2.51. The number of carbonyl (C=O) groups is 1. The lowest BCUT2D eigenvalue weighted by Gasteiger charge is -2.19. The molecule has 0 aliphatic heterocycles. The SMILES string of the molecule is CC(C)C1(CNC(=O)c2ccc(F)cc2)CC1. The highest BCUT2D eigenvalue weighted by molar-refractivity contribution is 5.94. The quantitative estimate of drug-likeness (QED) is 0.854. The third-order valence-electron chi connectivity index (χ3n) is 3.82. The van der Waals surface area contributed by atoms with Gasteiger partial charge < -0.3 is 5.32 Å². The van der Waals surface area contributed by atoms with Gasteiger partial charge >= 0.3 is 0 Å². The van der Waals surface area contributed by atoms with E-state index in [-0.39, 0.29) is 11.7 Å². The molecule has 0 heterocycles. The van der Waals surface area contributed by atoms with Crippen LogP contribution >= 0.6 is 0 Å². The number of carbonyl (C=O) groups excluding carboxylic acids is 1.